The van der Waals surface area contributed by atoms with E-state index in [1.165, 1.54) is 12.2 Å². The number of hydrogen-bond donors (Lipinski definition) is 3. The Bertz CT molecular complexity index is 440. The lowest BCUT2D eigenvalue weighted by molar-refractivity contribution is 0.0953. The molecule has 0 spiro atoms. The quantitative estimate of drug-likeness (QED) is 0.352. The molecule has 0 aliphatic heterocycles. The molecule has 4 N–H and O–H groups in total. The topological polar surface area (TPSA) is 80.0 Å². The maximum atomic E-state index is 12.1. The van der Waals surface area contributed by atoms with Crippen LogP contribution in [-0.4, -0.2) is 29.4 Å². The van der Waals surface area contributed by atoms with Crippen LogP contribution in [0.15, 0.2) is 12.1 Å². The number of carbonyl (C=O) groups is 1. The number of aryl methyl sites for hydroxylation is 1. The molecule has 5 nitrogen and oxygen atoms in total. The molecule has 1 rings (SSSR count). The lowest BCUT2D eigenvalue weighted by Crippen LogP contribution is -2.25. The third-order valence-electron chi connectivity index (χ3n) is 3.11. The van der Waals surface area contributed by atoms with Crippen LogP contribution in [0.3, 0.4) is 0 Å². The number of nitrogen functional groups attached to an aromatic ring is 1. The summed E-state index contributed by atoms with van der Waals surface area (Å²) < 4.78 is 0. The molecule has 0 radical (unpaired) electrons. The molecule has 1 amide bonds. The summed E-state index contributed by atoms with van der Waals surface area (Å²) in [6.07, 6.45) is 7.30. The van der Waals surface area contributed by atoms with Crippen LogP contribution in [0.1, 0.15) is 48.7 Å². The lowest BCUT2D eigenvalue weighted by Gasteiger charge is -2.09. The Morgan fingerprint density at radius 3 is 2.81 bits per heavy atom. The van der Waals surface area contributed by atoms with Crippen molar-refractivity contribution in [1.29, 1.82) is 0 Å². The molecule has 21 heavy (non-hydrogen) atoms. The number of pyridine rings is 1. The molecule has 0 unspecified atom stereocenters. The zero-order valence-corrected chi connectivity index (χ0v) is 13.8. The summed E-state index contributed by atoms with van der Waals surface area (Å²) in [7, 11) is 0. The number of nitrogens with zero attached hydrogens (tertiary/aromatic N) is 1. The number of amides is 1. The van der Waals surface area contributed by atoms with Gasteiger partial charge in [-0.1, -0.05) is 19.8 Å². The van der Waals surface area contributed by atoms with E-state index in [-0.39, 0.29) is 5.91 Å². The summed E-state index contributed by atoms with van der Waals surface area (Å²) >= 11 is 1.86. The van der Waals surface area contributed by atoms with Gasteiger partial charge in [-0.05, 0) is 43.4 Å². The van der Waals surface area contributed by atoms with Gasteiger partial charge in [0, 0.05) is 17.8 Å². The fraction of sp³-hybridized carbons (Fsp3) is 0.600. The SMILES string of the molecule is CCCc1cc(C(=O)NCCCCCSC)cc(NN)n1. The van der Waals surface area contributed by atoms with Crippen molar-refractivity contribution in [2.24, 2.45) is 5.84 Å². The van der Waals surface area contributed by atoms with Crippen LogP contribution in [0, 0.1) is 0 Å². The summed E-state index contributed by atoms with van der Waals surface area (Å²) in [5.41, 5.74) is 4.02. The molecule has 0 fully saturated rings. The maximum Gasteiger partial charge on any atom is 0.251 e. The minimum absolute atomic E-state index is 0.0591. The number of thioether (sulfide) groups is 1. The van der Waals surface area contributed by atoms with Crippen molar-refractivity contribution in [1.82, 2.24) is 10.3 Å². The van der Waals surface area contributed by atoms with Crippen LogP contribution in [-0.2, 0) is 6.42 Å². The van der Waals surface area contributed by atoms with E-state index in [2.05, 4.69) is 28.9 Å². The average Bonchev–Trinajstić information content (AvgIpc) is 2.50. The van der Waals surface area contributed by atoms with Crippen LogP contribution < -0.4 is 16.6 Å². The molecule has 6 heteroatoms. The molecule has 0 bridgehead atoms. The first-order valence-corrected chi connectivity index (χ1v) is 8.85. The monoisotopic (exact) mass is 310 g/mol. The van der Waals surface area contributed by atoms with Gasteiger partial charge in [-0.2, -0.15) is 11.8 Å². The molecular formula is C15H26N4OS. The second kappa shape index (κ2) is 10.5. The lowest BCUT2D eigenvalue weighted by atomic mass is 10.1. The van der Waals surface area contributed by atoms with Crippen molar-refractivity contribution in [3.8, 4) is 0 Å². The number of hydrogen-bond acceptors (Lipinski definition) is 5. The number of aromatic nitrogens is 1. The molecule has 0 saturated carbocycles. The standard InChI is InChI=1S/C15H26N4OS/c1-3-7-13-10-12(11-14(18-13)19-16)15(20)17-8-5-4-6-9-21-2/h10-11H,3-9,16H2,1-2H3,(H,17,20)(H,18,19). The van der Waals surface area contributed by atoms with Gasteiger partial charge in [0.25, 0.3) is 5.91 Å². The second-order valence-corrected chi connectivity index (χ2v) is 5.92. The first-order chi connectivity index (χ1) is 10.2. The number of nitrogens with one attached hydrogen (secondary N) is 2. The molecule has 1 aromatic rings. The number of anilines is 1. The van der Waals surface area contributed by atoms with Crippen molar-refractivity contribution in [2.45, 2.75) is 39.0 Å². The number of rotatable bonds is 10. The van der Waals surface area contributed by atoms with Crippen molar-refractivity contribution >= 4 is 23.5 Å². The molecule has 0 saturated heterocycles. The van der Waals surface area contributed by atoms with Gasteiger partial charge in [-0.15, -0.1) is 0 Å². The van der Waals surface area contributed by atoms with E-state index < -0.39 is 0 Å². The Labute approximate surface area is 131 Å². The highest BCUT2D eigenvalue weighted by Crippen LogP contribution is 2.11. The third kappa shape index (κ3) is 6.82. The molecule has 0 aliphatic carbocycles. The Hall–Kier alpha value is -1.27. The summed E-state index contributed by atoms with van der Waals surface area (Å²) in [6.45, 7) is 2.79. The van der Waals surface area contributed by atoms with E-state index in [0.717, 1.165) is 31.4 Å². The van der Waals surface area contributed by atoms with E-state index in [0.29, 0.717) is 17.9 Å². The zero-order chi connectivity index (χ0) is 15.5. The zero-order valence-electron chi connectivity index (χ0n) is 12.9. The average molecular weight is 310 g/mol. The van der Waals surface area contributed by atoms with E-state index in [9.17, 15) is 4.79 Å². The van der Waals surface area contributed by atoms with Crippen LogP contribution in [0.5, 0.6) is 0 Å². The minimum atomic E-state index is -0.0591. The van der Waals surface area contributed by atoms with Crippen molar-refractivity contribution in [2.75, 3.05) is 24.0 Å². The number of unbranched alkanes of at least 4 members (excludes halogenated alkanes) is 2. The molecule has 1 heterocycles. The highest BCUT2D eigenvalue weighted by atomic mass is 32.2. The summed E-state index contributed by atoms with van der Waals surface area (Å²) in [4.78, 5) is 16.5. The van der Waals surface area contributed by atoms with E-state index >= 15 is 0 Å². The Kier molecular flexibility index (Phi) is 8.85. The van der Waals surface area contributed by atoms with Gasteiger partial charge in [0.2, 0.25) is 0 Å². The molecule has 0 aliphatic rings. The minimum Gasteiger partial charge on any atom is -0.352 e. The van der Waals surface area contributed by atoms with Crippen LogP contribution in [0.25, 0.3) is 0 Å². The normalized spacial score (nSPS) is 10.4. The van der Waals surface area contributed by atoms with Gasteiger partial charge in [0.05, 0.1) is 0 Å². The van der Waals surface area contributed by atoms with Crippen molar-refractivity contribution in [3.63, 3.8) is 0 Å². The van der Waals surface area contributed by atoms with Gasteiger partial charge in [-0.25, -0.2) is 10.8 Å². The van der Waals surface area contributed by atoms with Crippen LogP contribution in [0.2, 0.25) is 0 Å². The summed E-state index contributed by atoms with van der Waals surface area (Å²) in [6, 6.07) is 3.52. The fourth-order valence-corrected chi connectivity index (χ4v) is 2.52. The third-order valence-corrected chi connectivity index (χ3v) is 3.80. The fourth-order valence-electron chi connectivity index (χ4n) is 2.03. The van der Waals surface area contributed by atoms with E-state index in [1.807, 2.05) is 17.8 Å². The predicted molar refractivity (Wildman–Crippen MR) is 90.6 cm³/mol. The summed E-state index contributed by atoms with van der Waals surface area (Å²) in [5.74, 6) is 7.06. The first-order valence-electron chi connectivity index (χ1n) is 7.46. The molecule has 0 aromatic carbocycles. The smallest absolute Gasteiger partial charge is 0.251 e. The Morgan fingerprint density at radius 1 is 1.33 bits per heavy atom. The van der Waals surface area contributed by atoms with Crippen LogP contribution in [0.4, 0.5) is 5.82 Å². The molecular weight excluding hydrogens is 284 g/mol. The highest BCUT2D eigenvalue weighted by molar-refractivity contribution is 7.98. The highest BCUT2D eigenvalue weighted by Gasteiger charge is 2.09. The number of hydrazine groups is 1. The second-order valence-electron chi connectivity index (χ2n) is 4.94. The Balaban J connectivity index is 2.50. The largest absolute Gasteiger partial charge is 0.352 e. The molecule has 118 valence electrons. The number of nitrogens with two attached hydrogens (primary N) is 1. The van der Waals surface area contributed by atoms with Gasteiger partial charge in [0.15, 0.2) is 0 Å². The molecule has 0 atom stereocenters. The van der Waals surface area contributed by atoms with Crippen molar-refractivity contribution < 1.29 is 4.79 Å². The number of carbonyl (C=O) groups excluding carboxylic acids is 1. The Morgan fingerprint density at radius 2 is 2.14 bits per heavy atom. The van der Waals surface area contributed by atoms with E-state index in [4.69, 9.17) is 5.84 Å². The van der Waals surface area contributed by atoms with E-state index in [1.54, 1.807) is 6.07 Å². The van der Waals surface area contributed by atoms with Gasteiger partial charge in [-0.3, -0.25) is 4.79 Å². The maximum absolute atomic E-state index is 12.1. The van der Waals surface area contributed by atoms with Gasteiger partial charge >= 0.3 is 0 Å². The predicted octanol–water partition coefficient (Wildman–Crippen LogP) is 2.58. The van der Waals surface area contributed by atoms with Crippen molar-refractivity contribution in [3.05, 3.63) is 23.4 Å². The molecule has 1 aromatic heterocycles. The van der Waals surface area contributed by atoms with Crippen LogP contribution >= 0.6 is 11.8 Å². The first kappa shape index (κ1) is 17.8. The van der Waals surface area contributed by atoms with Gasteiger partial charge < -0.3 is 10.7 Å². The van der Waals surface area contributed by atoms with Gasteiger partial charge in [0.1, 0.15) is 5.82 Å². The summed E-state index contributed by atoms with van der Waals surface area (Å²) in [5, 5.41) is 2.95.